The fourth-order valence-corrected chi connectivity index (χ4v) is 2.91. The van der Waals surface area contributed by atoms with E-state index in [1.54, 1.807) is 13.1 Å². The molecule has 2 amide bonds. The Hall–Kier alpha value is -2.04. The first-order valence-corrected chi connectivity index (χ1v) is 7.86. The van der Waals surface area contributed by atoms with Gasteiger partial charge in [0.05, 0.1) is 6.54 Å². The molecule has 1 saturated heterocycles. The zero-order chi connectivity index (χ0) is 16.1. The lowest BCUT2D eigenvalue weighted by Gasteiger charge is -2.31. The van der Waals surface area contributed by atoms with Crippen LogP contribution in [0, 0.1) is 12.8 Å². The Kier molecular flexibility index (Phi) is 5.41. The van der Waals surface area contributed by atoms with E-state index in [1.807, 2.05) is 24.0 Å². The molecule has 1 atom stereocenters. The Balaban J connectivity index is 1.99. The van der Waals surface area contributed by atoms with E-state index in [-0.39, 0.29) is 18.4 Å². The molecule has 0 saturated carbocycles. The van der Waals surface area contributed by atoms with Crippen LogP contribution in [-0.4, -0.2) is 43.4 Å². The van der Waals surface area contributed by atoms with Gasteiger partial charge in [-0.3, -0.25) is 9.59 Å². The molecule has 1 aliphatic heterocycles. The molecule has 5 nitrogen and oxygen atoms in total. The van der Waals surface area contributed by atoms with Gasteiger partial charge in [0.15, 0.2) is 0 Å². The number of rotatable bonds is 4. The van der Waals surface area contributed by atoms with Gasteiger partial charge < -0.3 is 15.5 Å². The van der Waals surface area contributed by atoms with E-state index in [9.17, 15) is 9.59 Å². The van der Waals surface area contributed by atoms with Crippen molar-refractivity contribution in [3.63, 3.8) is 0 Å². The van der Waals surface area contributed by atoms with E-state index >= 15 is 0 Å². The van der Waals surface area contributed by atoms with Gasteiger partial charge in [-0.25, -0.2) is 0 Å². The highest BCUT2D eigenvalue weighted by Gasteiger charge is 2.20. The number of hydrogen-bond acceptors (Lipinski definition) is 3. The van der Waals surface area contributed by atoms with E-state index in [0.29, 0.717) is 11.5 Å². The van der Waals surface area contributed by atoms with Crippen LogP contribution in [0.2, 0.25) is 0 Å². The van der Waals surface area contributed by atoms with Crippen LogP contribution in [0.15, 0.2) is 18.2 Å². The van der Waals surface area contributed by atoms with Crippen molar-refractivity contribution in [1.29, 1.82) is 0 Å². The van der Waals surface area contributed by atoms with Gasteiger partial charge in [0.2, 0.25) is 5.91 Å². The lowest BCUT2D eigenvalue weighted by atomic mass is 10.0. The smallest absolute Gasteiger partial charge is 0.251 e. The molecule has 1 unspecified atom stereocenters. The molecule has 120 valence electrons. The molecule has 5 heteroatoms. The summed E-state index contributed by atoms with van der Waals surface area (Å²) in [6.45, 7) is 6.04. The minimum Gasteiger partial charge on any atom is -0.376 e. The maximum atomic E-state index is 12.3. The van der Waals surface area contributed by atoms with Crippen molar-refractivity contribution in [3.8, 4) is 0 Å². The van der Waals surface area contributed by atoms with Crippen molar-refractivity contribution < 1.29 is 9.59 Å². The second-order valence-corrected chi connectivity index (χ2v) is 6.00. The Morgan fingerprint density at radius 2 is 2.14 bits per heavy atom. The summed E-state index contributed by atoms with van der Waals surface area (Å²) < 4.78 is 0. The average molecular weight is 303 g/mol. The van der Waals surface area contributed by atoms with Crippen LogP contribution >= 0.6 is 0 Å². The first-order valence-electron chi connectivity index (χ1n) is 7.86. The zero-order valence-electron chi connectivity index (χ0n) is 13.6. The Morgan fingerprint density at radius 3 is 2.82 bits per heavy atom. The van der Waals surface area contributed by atoms with Crippen LogP contribution in [-0.2, 0) is 4.79 Å². The highest BCUT2D eigenvalue weighted by molar-refractivity contribution is 5.97. The highest BCUT2D eigenvalue weighted by Crippen LogP contribution is 2.19. The third-order valence-electron chi connectivity index (χ3n) is 4.25. The maximum Gasteiger partial charge on any atom is 0.251 e. The Bertz CT molecular complexity index is 557. The minimum atomic E-state index is -0.114. The van der Waals surface area contributed by atoms with Crippen molar-refractivity contribution >= 4 is 17.5 Å². The summed E-state index contributed by atoms with van der Waals surface area (Å²) in [5.74, 6) is 0.588. The molecule has 0 aromatic heterocycles. The number of carbonyl (C=O) groups excluding carboxylic acids is 2. The van der Waals surface area contributed by atoms with E-state index in [2.05, 4.69) is 17.6 Å². The van der Waals surface area contributed by atoms with Crippen molar-refractivity contribution in [2.24, 2.45) is 5.92 Å². The summed E-state index contributed by atoms with van der Waals surface area (Å²) in [6, 6.07) is 5.51. The fourth-order valence-electron chi connectivity index (χ4n) is 2.91. The van der Waals surface area contributed by atoms with Gasteiger partial charge in [-0.05, 0) is 43.4 Å². The van der Waals surface area contributed by atoms with Gasteiger partial charge >= 0.3 is 0 Å². The molecule has 0 aliphatic carbocycles. The van der Waals surface area contributed by atoms with E-state index in [1.165, 1.54) is 6.42 Å². The lowest BCUT2D eigenvalue weighted by Crippen LogP contribution is -2.42. The van der Waals surface area contributed by atoms with Gasteiger partial charge in [-0.1, -0.05) is 13.0 Å². The topological polar surface area (TPSA) is 61.4 Å². The van der Waals surface area contributed by atoms with Crippen LogP contribution in [0.3, 0.4) is 0 Å². The third kappa shape index (κ3) is 3.78. The summed E-state index contributed by atoms with van der Waals surface area (Å²) in [6.07, 6.45) is 2.28. The molecular formula is C17H25N3O2. The van der Waals surface area contributed by atoms with Crippen LogP contribution in [0.5, 0.6) is 0 Å². The molecule has 22 heavy (non-hydrogen) atoms. The molecule has 2 N–H and O–H groups in total. The van der Waals surface area contributed by atoms with Crippen LogP contribution in [0.25, 0.3) is 0 Å². The summed E-state index contributed by atoms with van der Waals surface area (Å²) in [4.78, 5) is 26.0. The van der Waals surface area contributed by atoms with Crippen molar-refractivity contribution in [2.45, 2.75) is 26.7 Å². The summed E-state index contributed by atoms with van der Waals surface area (Å²) in [7, 11) is 1.61. The number of piperidine rings is 1. The lowest BCUT2D eigenvalue weighted by molar-refractivity contribution is -0.130. The van der Waals surface area contributed by atoms with Gasteiger partial charge in [0, 0.05) is 31.4 Å². The highest BCUT2D eigenvalue weighted by atomic mass is 16.2. The number of nitrogens with zero attached hydrogens (tertiary/aromatic N) is 1. The Labute approximate surface area is 132 Å². The summed E-state index contributed by atoms with van der Waals surface area (Å²) in [5.41, 5.74) is 2.33. The first kappa shape index (κ1) is 16.3. The molecule has 0 spiro atoms. The summed E-state index contributed by atoms with van der Waals surface area (Å²) in [5, 5.41) is 5.80. The normalized spacial score (nSPS) is 18.0. The second kappa shape index (κ2) is 7.29. The number of amides is 2. The number of nitrogens with one attached hydrogen (secondary N) is 2. The second-order valence-electron chi connectivity index (χ2n) is 6.00. The summed E-state index contributed by atoms with van der Waals surface area (Å²) >= 11 is 0. The SMILES string of the molecule is CNC(=O)c1cccc(NCC(=O)N2CCCC(C)C2)c1C. The molecular weight excluding hydrogens is 278 g/mol. The van der Waals surface area contributed by atoms with E-state index in [4.69, 9.17) is 0 Å². The fraction of sp³-hybridized carbons (Fsp3) is 0.529. The molecule has 0 radical (unpaired) electrons. The molecule has 2 rings (SSSR count). The van der Waals surface area contributed by atoms with E-state index < -0.39 is 0 Å². The average Bonchev–Trinajstić information content (AvgIpc) is 2.53. The van der Waals surface area contributed by atoms with Crippen LogP contribution in [0.1, 0.15) is 35.7 Å². The molecule has 1 aliphatic rings. The Morgan fingerprint density at radius 1 is 1.36 bits per heavy atom. The van der Waals surface area contributed by atoms with Gasteiger partial charge in [-0.2, -0.15) is 0 Å². The molecule has 1 aromatic rings. The third-order valence-corrected chi connectivity index (χ3v) is 4.25. The zero-order valence-corrected chi connectivity index (χ0v) is 13.6. The standard InChI is InChI=1S/C17H25N3O2/c1-12-6-5-9-20(11-12)16(21)10-19-15-8-4-7-14(13(15)2)17(22)18-3/h4,7-8,12,19H,5-6,9-11H2,1-3H3,(H,18,22). The number of hydrogen-bond donors (Lipinski definition) is 2. The van der Waals surface area contributed by atoms with Gasteiger partial charge in [0.25, 0.3) is 5.91 Å². The quantitative estimate of drug-likeness (QED) is 0.894. The van der Waals surface area contributed by atoms with Crippen molar-refractivity contribution in [2.75, 3.05) is 32.0 Å². The van der Waals surface area contributed by atoms with Crippen molar-refractivity contribution in [3.05, 3.63) is 29.3 Å². The number of likely N-dealkylation sites (tertiary alicyclic amines) is 1. The van der Waals surface area contributed by atoms with Gasteiger partial charge in [-0.15, -0.1) is 0 Å². The molecule has 0 bridgehead atoms. The number of benzene rings is 1. The van der Waals surface area contributed by atoms with Gasteiger partial charge in [0.1, 0.15) is 0 Å². The maximum absolute atomic E-state index is 12.3. The monoisotopic (exact) mass is 303 g/mol. The van der Waals surface area contributed by atoms with Crippen molar-refractivity contribution in [1.82, 2.24) is 10.2 Å². The van der Waals surface area contributed by atoms with E-state index in [0.717, 1.165) is 30.8 Å². The van der Waals surface area contributed by atoms with Crippen LogP contribution in [0.4, 0.5) is 5.69 Å². The molecule has 1 heterocycles. The largest absolute Gasteiger partial charge is 0.376 e. The van der Waals surface area contributed by atoms with Crippen LogP contribution < -0.4 is 10.6 Å². The molecule has 1 fully saturated rings. The molecule has 1 aromatic carbocycles. The first-order chi connectivity index (χ1) is 10.5. The predicted octanol–water partition coefficient (Wildman–Crippen LogP) is 2.03. The number of carbonyl (C=O) groups is 2. The number of anilines is 1. The minimum absolute atomic E-state index is 0.114. The predicted molar refractivity (Wildman–Crippen MR) is 88.0 cm³/mol.